The fourth-order valence-corrected chi connectivity index (χ4v) is 1.51. The van der Waals surface area contributed by atoms with Crippen molar-refractivity contribution in [1.29, 1.82) is 0 Å². The number of aromatic carboxylic acids is 1. The molecule has 1 aromatic rings. The van der Waals surface area contributed by atoms with Gasteiger partial charge in [0.2, 0.25) is 0 Å². The molecule has 0 saturated carbocycles. The summed E-state index contributed by atoms with van der Waals surface area (Å²) in [6.45, 7) is 6.89. The molecule has 5 heteroatoms. The summed E-state index contributed by atoms with van der Waals surface area (Å²) in [4.78, 5) is 16.8. The Kier molecular flexibility index (Phi) is 4.31. The zero-order chi connectivity index (χ0) is 12.1. The number of likely N-dealkylation sites (N-methyl/N-ethyl adjacent to an activating group) is 1. The molecular formula is C11H13ClN2O2. The zero-order valence-electron chi connectivity index (χ0n) is 8.98. The maximum Gasteiger partial charge on any atom is 0.335 e. The van der Waals surface area contributed by atoms with Gasteiger partial charge in [0.05, 0.1) is 5.56 Å². The number of hydrogen-bond acceptors (Lipinski definition) is 3. The largest absolute Gasteiger partial charge is 0.478 e. The van der Waals surface area contributed by atoms with E-state index in [1.165, 1.54) is 12.1 Å². The number of halogens is 1. The van der Waals surface area contributed by atoms with Crippen LogP contribution in [0.5, 0.6) is 0 Å². The molecule has 0 unspecified atom stereocenters. The molecule has 1 rings (SSSR count). The smallest absolute Gasteiger partial charge is 0.335 e. The minimum absolute atomic E-state index is 0.137. The quantitative estimate of drug-likeness (QED) is 0.635. The molecule has 1 N–H and O–H groups in total. The second-order valence-corrected chi connectivity index (χ2v) is 3.56. The van der Waals surface area contributed by atoms with Crippen molar-refractivity contribution in [2.75, 3.05) is 18.0 Å². The number of anilines is 1. The van der Waals surface area contributed by atoms with Gasteiger partial charge in [-0.25, -0.2) is 9.78 Å². The summed E-state index contributed by atoms with van der Waals surface area (Å²) in [7, 11) is 0. The molecule has 86 valence electrons. The SMILES string of the molecule is C=CCN(CC)c1cc(C(=O)O)cc(Cl)n1. The Bertz CT molecular complexity index is 407. The molecule has 0 aliphatic heterocycles. The van der Waals surface area contributed by atoms with Gasteiger partial charge in [-0.15, -0.1) is 6.58 Å². The van der Waals surface area contributed by atoms with E-state index in [2.05, 4.69) is 11.6 Å². The van der Waals surface area contributed by atoms with E-state index < -0.39 is 5.97 Å². The van der Waals surface area contributed by atoms with Gasteiger partial charge in [0.15, 0.2) is 0 Å². The predicted molar refractivity (Wildman–Crippen MR) is 64.3 cm³/mol. The van der Waals surface area contributed by atoms with E-state index in [9.17, 15) is 4.79 Å². The Labute approximate surface area is 99.2 Å². The van der Waals surface area contributed by atoms with Gasteiger partial charge < -0.3 is 10.0 Å². The number of carbonyl (C=O) groups is 1. The molecule has 1 heterocycles. The summed E-state index contributed by atoms with van der Waals surface area (Å²) < 4.78 is 0. The van der Waals surface area contributed by atoms with Crippen molar-refractivity contribution in [3.8, 4) is 0 Å². The van der Waals surface area contributed by atoms with E-state index in [1.807, 2.05) is 11.8 Å². The van der Waals surface area contributed by atoms with E-state index in [4.69, 9.17) is 16.7 Å². The molecule has 0 aromatic carbocycles. The molecule has 0 aliphatic rings. The van der Waals surface area contributed by atoms with E-state index in [0.29, 0.717) is 18.9 Å². The number of pyridine rings is 1. The summed E-state index contributed by atoms with van der Waals surface area (Å²) in [5.74, 6) is -0.465. The van der Waals surface area contributed by atoms with Crippen LogP contribution in [-0.2, 0) is 0 Å². The second kappa shape index (κ2) is 5.51. The number of aromatic nitrogens is 1. The second-order valence-electron chi connectivity index (χ2n) is 3.17. The lowest BCUT2D eigenvalue weighted by atomic mass is 10.2. The number of nitrogens with zero attached hydrogens (tertiary/aromatic N) is 2. The molecule has 0 atom stereocenters. The van der Waals surface area contributed by atoms with Crippen LogP contribution in [0.3, 0.4) is 0 Å². The monoisotopic (exact) mass is 240 g/mol. The highest BCUT2D eigenvalue weighted by atomic mass is 35.5. The minimum Gasteiger partial charge on any atom is -0.478 e. The van der Waals surface area contributed by atoms with E-state index in [1.54, 1.807) is 6.08 Å². The lowest BCUT2D eigenvalue weighted by Crippen LogP contribution is -2.24. The highest BCUT2D eigenvalue weighted by molar-refractivity contribution is 6.29. The van der Waals surface area contributed by atoms with Crippen LogP contribution in [-0.4, -0.2) is 29.1 Å². The van der Waals surface area contributed by atoms with Crippen LogP contribution >= 0.6 is 11.6 Å². The minimum atomic E-state index is -1.01. The van der Waals surface area contributed by atoms with Crippen LogP contribution in [0.1, 0.15) is 17.3 Å². The number of carboxylic acids is 1. The van der Waals surface area contributed by atoms with Crippen molar-refractivity contribution in [1.82, 2.24) is 4.98 Å². The van der Waals surface area contributed by atoms with Crippen molar-refractivity contribution >= 4 is 23.4 Å². The summed E-state index contributed by atoms with van der Waals surface area (Å²) >= 11 is 5.77. The van der Waals surface area contributed by atoms with Crippen LogP contribution in [0.25, 0.3) is 0 Å². The highest BCUT2D eigenvalue weighted by Gasteiger charge is 2.11. The topological polar surface area (TPSA) is 53.4 Å². The first kappa shape index (κ1) is 12.5. The standard InChI is InChI=1S/C11H13ClN2O2/c1-3-5-14(4-2)10-7-8(11(15)16)6-9(12)13-10/h3,6-7H,1,4-5H2,2H3,(H,15,16). The zero-order valence-corrected chi connectivity index (χ0v) is 9.74. The third-order valence-electron chi connectivity index (χ3n) is 2.08. The maximum absolute atomic E-state index is 10.8. The van der Waals surface area contributed by atoms with E-state index in [0.717, 1.165) is 0 Å². The van der Waals surface area contributed by atoms with Crippen LogP contribution in [0.2, 0.25) is 5.15 Å². The Balaban J connectivity index is 3.11. The third kappa shape index (κ3) is 2.97. The van der Waals surface area contributed by atoms with Crippen LogP contribution in [0, 0.1) is 0 Å². The lowest BCUT2D eigenvalue weighted by Gasteiger charge is -2.20. The Morgan fingerprint density at radius 1 is 1.69 bits per heavy atom. The Morgan fingerprint density at radius 3 is 2.88 bits per heavy atom. The average molecular weight is 241 g/mol. The number of rotatable bonds is 5. The van der Waals surface area contributed by atoms with Gasteiger partial charge >= 0.3 is 5.97 Å². The highest BCUT2D eigenvalue weighted by Crippen LogP contribution is 2.18. The lowest BCUT2D eigenvalue weighted by molar-refractivity contribution is 0.0697. The maximum atomic E-state index is 10.8. The Morgan fingerprint density at radius 2 is 2.38 bits per heavy atom. The average Bonchev–Trinajstić information content (AvgIpc) is 2.24. The first-order valence-corrected chi connectivity index (χ1v) is 5.23. The normalized spacial score (nSPS) is 9.88. The molecule has 0 amide bonds. The van der Waals surface area contributed by atoms with Crippen LogP contribution in [0.4, 0.5) is 5.82 Å². The molecule has 4 nitrogen and oxygen atoms in total. The van der Waals surface area contributed by atoms with Crippen LogP contribution < -0.4 is 4.90 Å². The molecule has 0 saturated heterocycles. The number of carboxylic acid groups (broad SMARTS) is 1. The summed E-state index contributed by atoms with van der Waals surface area (Å²) in [6.07, 6.45) is 1.73. The summed E-state index contributed by atoms with van der Waals surface area (Å²) in [5.41, 5.74) is 0.137. The molecule has 1 aromatic heterocycles. The van der Waals surface area contributed by atoms with Gasteiger partial charge in [0.1, 0.15) is 11.0 Å². The molecule has 0 bridgehead atoms. The molecule has 0 spiro atoms. The van der Waals surface area contributed by atoms with Crippen molar-refractivity contribution in [2.45, 2.75) is 6.92 Å². The van der Waals surface area contributed by atoms with E-state index >= 15 is 0 Å². The first-order valence-electron chi connectivity index (χ1n) is 4.85. The first-order chi connectivity index (χ1) is 7.58. The summed E-state index contributed by atoms with van der Waals surface area (Å²) in [6, 6.07) is 2.83. The van der Waals surface area contributed by atoms with Crippen molar-refractivity contribution in [3.63, 3.8) is 0 Å². The summed E-state index contributed by atoms with van der Waals surface area (Å²) in [5, 5.41) is 9.07. The van der Waals surface area contributed by atoms with Crippen molar-refractivity contribution in [2.24, 2.45) is 0 Å². The van der Waals surface area contributed by atoms with Crippen molar-refractivity contribution < 1.29 is 9.90 Å². The Hall–Kier alpha value is -1.55. The van der Waals surface area contributed by atoms with Gasteiger partial charge in [-0.05, 0) is 19.1 Å². The fourth-order valence-electron chi connectivity index (χ4n) is 1.31. The van der Waals surface area contributed by atoms with Gasteiger partial charge in [-0.3, -0.25) is 0 Å². The third-order valence-corrected chi connectivity index (χ3v) is 2.28. The van der Waals surface area contributed by atoms with Gasteiger partial charge in [-0.1, -0.05) is 17.7 Å². The molecule has 0 aliphatic carbocycles. The molecule has 0 fully saturated rings. The van der Waals surface area contributed by atoms with Gasteiger partial charge in [-0.2, -0.15) is 0 Å². The van der Waals surface area contributed by atoms with Crippen LogP contribution in [0.15, 0.2) is 24.8 Å². The predicted octanol–water partition coefficient (Wildman–Crippen LogP) is 2.45. The molecule has 0 radical (unpaired) electrons. The van der Waals surface area contributed by atoms with Gasteiger partial charge in [0.25, 0.3) is 0 Å². The number of hydrogen-bond donors (Lipinski definition) is 1. The molecule has 16 heavy (non-hydrogen) atoms. The molecular weight excluding hydrogens is 228 g/mol. The van der Waals surface area contributed by atoms with E-state index in [-0.39, 0.29) is 10.7 Å². The van der Waals surface area contributed by atoms with Gasteiger partial charge in [0, 0.05) is 13.1 Å². The fraction of sp³-hybridized carbons (Fsp3) is 0.273. The van der Waals surface area contributed by atoms with Crippen molar-refractivity contribution in [3.05, 3.63) is 35.5 Å².